The number of benzene rings is 2. The second kappa shape index (κ2) is 7.62. The number of ether oxygens (including phenoxy) is 2. The summed E-state index contributed by atoms with van der Waals surface area (Å²) in [5.41, 5.74) is 2.34. The van der Waals surface area contributed by atoms with Gasteiger partial charge in [0.1, 0.15) is 17.1 Å². The van der Waals surface area contributed by atoms with Gasteiger partial charge in [-0.2, -0.15) is 0 Å². The molecule has 150 valence electrons. The first-order valence-electron chi connectivity index (χ1n) is 9.66. The molecule has 6 nitrogen and oxygen atoms in total. The number of carbonyl (C=O) groups is 1. The van der Waals surface area contributed by atoms with Crippen LogP contribution in [0.2, 0.25) is 0 Å². The highest BCUT2D eigenvalue weighted by molar-refractivity contribution is 5.94. The molecule has 29 heavy (non-hydrogen) atoms. The van der Waals surface area contributed by atoms with E-state index in [4.69, 9.17) is 9.47 Å². The zero-order valence-electron chi connectivity index (χ0n) is 16.9. The van der Waals surface area contributed by atoms with E-state index in [1.165, 1.54) is 0 Å². The number of carbonyl (C=O) groups excluding carboxylic acids is 1. The van der Waals surface area contributed by atoms with Gasteiger partial charge in [-0.1, -0.05) is 12.1 Å². The Morgan fingerprint density at radius 2 is 2.07 bits per heavy atom. The first kappa shape index (κ1) is 19.1. The summed E-state index contributed by atoms with van der Waals surface area (Å²) < 4.78 is 13.4. The molecular formula is C23H25N3O3. The van der Waals surface area contributed by atoms with Crippen LogP contribution in [0, 0.1) is 0 Å². The Hall–Kier alpha value is -3.28. The van der Waals surface area contributed by atoms with E-state index in [-0.39, 0.29) is 17.6 Å². The third-order valence-electron chi connectivity index (χ3n) is 5.12. The number of aromatic nitrogens is 2. The zero-order chi connectivity index (χ0) is 20.4. The molecule has 0 saturated carbocycles. The van der Waals surface area contributed by atoms with Crippen LogP contribution in [0.25, 0.3) is 0 Å². The quantitative estimate of drug-likeness (QED) is 0.715. The number of fused-ring (bicyclic) bond motifs is 1. The van der Waals surface area contributed by atoms with Crippen molar-refractivity contribution in [2.75, 3.05) is 7.11 Å². The average Bonchev–Trinajstić information content (AvgIpc) is 3.20. The fourth-order valence-corrected chi connectivity index (χ4v) is 3.68. The standard InChI is InChI=1S/C23H25N3O3/c1-23(2)13-20(19-9-8-18(28-3)12-21(19)29-23)25-22(27)17-6-4-16(5-7-17)14-26-11-10-24-15-26/h4-12,15,20H,13-14H2,1-3H3,(H,25,27)/t20-/m0/s1. The lowest BCUT2D eigenvalue weighted by Crippen LogP contribution is -2.41. The SMILES string of the molecule is COc1ccc2c(c1)OC(C)(C)C[C@@H]2NC(=O)c1ccc(Cn2ccnc2)cc1. The lowest BCUT2D eigenvalue weighted by molar-refractivity contribution is 0.0617. The fraction of sp³-hybridized carbons (Fsp3) is 0.304. The molecule has 3 aromatic rings. The first-order valence-corrected chi connectivity index (χ1v) is 9.66. The minimum Gasteiger partial charge on any atom is -0.497 e. The van der Waals surface area contributed by atoms with Gasteiger partial charge in [-0.25, -0.2) is 4.98 Å². The summed E-state index contributed by atoms with van der Waals surface area (Å²) in [5, 5.41) is 3.17. The van der Waals surface area contributed by atoms with Crippen LogP contribution >= 0.6 is 0 Å². The van der Waals surface area contributed by atoms with E-state index in [0.717, 1.165) is 29.2 Å². The summed E-state index contributed by atoms with van der Waals surface area (Å²) in [6.07, 6.45) is 6.14. The molecular weight excluding hydrogens is 366 g/mol. The Morgan fingerprint density at radius 3 is 2.76 bits per heavy atom. The Kier molecular flexibility index (Phi) is 5.01. The molecule has 0 spiro atoms. The van der Waals surface area contributed by atoms with Crippen LogP contribution in [-0.2, 0) is 6.54 Å². The first-order chi connectivity index (χ1) is 13.9. The van der Waals surface area contributed by atoms with Crippen molar-refractivity contribution in [2.24, 2.45) is 0 Å². The average molecular weight is 391 g/mol. The maximum atomic E-state index is 12.9. The van der Waals surface area contributed by atoms with Crippen molar-refractivity contribution < 1.29 is 14.3 Å². The molecule has 0 bridgehead atoms. The summed E-state index contributed by atoms with van der Waals surface area (Å²) in [5.74, 6) is 1.39. The van der Waals surface area contributed by atoms with Gasteiger partial charge in [0.25, 0.3) is 5.91 Å². The Morgan fingerprint density at radius 1 is 1.28 bits per heavy atom. The molecule has 0 saturated heterocycles. The minimum atomic E-state index is -0.383. The summed E-state index contributed by atoms with van der Waals surface area (Å²) in [6.45, 7) is 4.78. The normalized spacial score (nSPS) is 17.1. The molecule has 4 rings (SSSR count). The molecule has 1 atom stereocenters. The predicted molar refractivity (Wildman–Crippen MR) is 110 cm³/mol. The molecule has 0 aliphatic carbocycles. The molecule has 6 heteroatoms. The highest BCUT2D eigenvalue weighted by atomic mass is 16.5. The van der Waals surface area contributed by atoms with E-state index < -0.39 is 0 Å². The van der Waals surface area contributed by atoms with E-state index in [1.54, 1.807) is 19.6 Å². The number of rotatable bonds is 5. The van der Waals surface area contributed by atoms with Crippen molar-refractivity contribution >= 4 is 5.91 Å². The van der Waals surface area contributed by atoms with Crippen molar-refractivity contribution in [3.63, 3.8) is 0 Å². The Balaban J connectivity index is 1.50. The largest absolute Gasteiger partial charge is 0.497 e. The van der Waals surface area contributed by atoms with E-state index in [1.807, 2.05) is 67.1 Å². The smallest absolute Gasteiger partial charge is 0.251 e. The van der Waals surface area contributed by atoms with Crippen LogP contribution in [0.1, 0.15) is 47.8 Å². The van der Waals surface area contributed by atoms with Crippen molar-refractivity contribution in [1.82, 2.24) is 14.9 Å². The number of amides is 1. The second-order valence-electron chi connectivity index (χ2n) is 7.93. The van der Waals surface area contributed by atoms with Crippen LogP contribution in [0.5, 0.6) is 11.5 Å². The van der Waals surface area contributed by atoms with Crippen LogP contribution in [0.15, 0.2) is 61.2 Å². The van der Waals surface area contributed by atoms with Gasteiger partial charge < -0.3 is 19.4 Å². The topological polar surface area (TPSA) is 65.4 Å². The number of methoxy groups -OCH3 is 1. The Bertz CT molecular complexity index is 995. The molecule has 0 unspecified atom stereocenters. The molecule has 0 fully saturated rings. The number of imidazole rings is 1. The zero-order valence-corrected chi connectivity index (χ0v) is 16.9. The second-order valence-corrected chi connectivity index (χ2v) is 7.93. The van der Waals surface area contributed by atoms with Crippen molar-refractivity contribution in [3.8, 4) is 11.5 Å². The number of nitrogens with zero attached hydrogens (tertiary/aromatic N) is 2. The lowest BCUT2D eigenvalue weighted by Gasteiger charge is -2.38. The fourth-order valence-electron chi connectivity index (χ4n) is 3.68. The minimum absolute atomic E-state index is 0.0938. The van der Waals surface area contributed by atoms with E-state index in [9.17, 15) is 4.79 Å². The van der Waals surface area contributed by atoms with Crippen molar-refractivity contribution in [2.45, 2.75) is 38.5 Å². The van der Waals surface area contributed by atoms with Gasteiger partial charge in [0.2, 0.25) is 0 Å². The highest BCUT2D eigenvalue weighted by Crippen LogP contribution is 2.41. The van der Waals surface area contributed by atoms with Gasteiger partial charge in [0.15, 0.2) is 0 Å². The summed E-state index contributed by atoms with van der Waals surface area (Å²) in [4.78, 5) is 16.9. The van der Waals surface area contributed by atoms with E-state index >= 15 is 0 Å². The third-order valence-corrected chi connectivity index (χ3v) is 5.12. The lowest BCUT2D eigenvalue weighted by atomic mass is 9.89. The highest BCUT2D eigenvalue weighted by Gasteiger charge is 2.35. The van der Waals surface area contributed by atoms with Crippen LogP contribution in [0.4, 0.5) is 0 Å². The maximum Gasteiger partial charge on any atom is 0.251 e. The van der Waals surface area contributed by atoms with Gasteiger partial charge in [-0.3, -0.25) is 4.79 Å². The molecule has 1 amide bonds. The van der Waals surface area contributed by atoms with Gasteiger partial charge in [-0.05, 0) is 43.7 Å². The molecule has 1 aliphatic heterocycles. The number of hydrogen-bond donors (Lipinski definition) is 1. The number of hydrogen-bond acceptors (Lipinski definition) is 4. The van der Waals surface area contributed by atoms with Crippen LogP contribution in [0.3, 0.4) is 0 Å². The summed E-state index contributed by atoms with van der Waals surface area (Å²) >= 11 is 0. The maximum absolute atomic E-state index is 12.9. The predicted octanol–water partition coefficient (Wildman–Crippen LogP) is 3.97. The summed E-state index contributed by atoms with van der Waals surface area (Å²) in [7, 11) is 1.63. The Labute approximate surface area is 170 Å². The van der Waals surface area contributed by atoms with Crippen LogP contribution in [-0.4, -0.2) is 28.2 Å². The van der Waals surface area contributed by atoms with Gasteiger partial charge >= 0.3 is 0 Å². The molecule has 1 aromatic heterocycles. The van der Waals surface area contributed by atoms with Crippen LogP contribution < -0.4 is 14.8 Å². The monoisotopic (exact) mass is 391 g/mol. The molecule has 0 radical (unpaired) electrons. The summed E-state index contributed by atoms with van der Waals surface area (Å²) in [6, 6.07) is 13.3. The molecule has 1 aliphatic rings. The van der Waals surface area contributed by atoms with E-state index in [2.05, 4.69) is 10.3 Å². The third kappa shape index (κ3) is 4.26. The van der Waals surface area contributed by atoms with Gasteiger partial charge in [-0.15, -0.1) is 0 Å². The van der Waals surface area contributed by atoms with Gasteiger partial charge in [0, 0.05) is 42.6 Å². The molecule has 2 heterocycles. The molecule has 2 aromatic carbocycles. The molecule has 1 N–H and O–H groups in total. The van der Waals surface area contributed by atoms with Crippen molar-refractivity contribution in [3.05, 3.63) is 77.9 Å². The number of nitrogens with one attached hydrogen (secondary N) is 1. The van der Waals surface area contributed by atoms with Gasteiger partial charge in [0.05, 0.1) is 19.5 Å². The van der Waals surface area contributed by atoms with E-state index in [0.29, 0.717) is 12.0 Å². The van der Waals surface area contributed by atoms with Crippen molar-refractivity contribution in [1.29, 1.82) is 0 Å².